The summed E-state index contributed by atoms with van der Waals surface area (Å²) in [5.74, 6) is 0.855. The van der Waals surface area contributed by atoms with Gasteiger partial charge in [0.2, 0.25) is 5.91 Å². The molecular formula is C11H18N2O2. The molecule has 15 heavy (non-hydrogen) atoms. The molecule has 0 radical (unpaired) electrons. The fourth-order valence-corrected chi connectivity index (χ4v) is 1.29. The predicted octanol–water partition coefficient (Wildman–Crippen LogP) is 1.41. The van der Waals surface area contributed by atoms with Crippen LogP contribution in [0.5, 0.6) is 0 Å². The minimum absolute atomic E-state index is 0.0726. The van der Waals surface area contributed by atoms with Crippen molar-refractivity contribution in [1.82, 2.24) is 5.32 Å². The van der Waals surface area contributed by atoms with Crippen molar-refractivity contribution in [1.29, 1.82) is 0 Å². The molecule has 3 N–H and O–H groups in total. The Labute approximate surface area is 89.8 Å². The topological polar surface area (TPSA) is 68.3 Å². The van der Waals surface area contributed by atoms with Crippen LogP contribution in [0.3, 0.4) is 0 Å². The average Bonchev–Trinajstić information content (AvgIpc) is 2.74. The minimum Gasteiger partial charge on any atom is -0.467 e. The van der Waals surface area contributed by atoms with E-state index in [0.717, 1.165) is 25.0 Å². The van der Waals surface area contributed by atoms with Crippen LogP contribution < -0.4 is 11.1 Å². The molecule has 1 aromatic heterocycles. The number of carbonyl (C=O) groups excluding carboxylic acids is 1. The van der Waals surface area contributed by atoms with Gasteiger partial charge in [0.1, 0.15) is 5.76 Å². The van der Waals surface area contributed by atoms with Gasteiger partial charge in [-0.1, -0.05) is 6.42 Å². The first-order chi connectivity index (χ1) is 7.33. The zero-order valence-corrected chi connectivity index (χ0v) is 8.87. The highest BCUT2D eigenvalue weighted by atomic mass is 16.3. The Morgan fingerprint density at radius 2 is 2.27 bits per heavy atom. The van der Waals surface area contributed by atoms with Crippen LogP contribution in [0.25, 0.3) is 0 Å². The summed E-state index contributed by atoms with van der Waals surface area (Å²) >= 11 is 0. The molecule has 1 aromatic rings. The van der Waals surface area contributed by atoms with E-state index in [2.05, 4.69) is 5.32 Å². The number of furan rings is 1. The normalized spacial score (nSPS) is 10.2. The third kappa shape index (κ3) is 5.22. The lowest BCUT2D eigenvalue weighted by Gasteiger charge is -2.02. The van der Waals surface area contributed by atoms with Crippen molar-refractivity contribution in [2.45, 2.75) is 32.2 Å². The second kappa shape index (κ2) is 7.06. The van der Waals surface area contributed by atoms with Crippen LogP contribution >= 0.6 is 0 Å². The quantitative estimate of drug-likeness (QED) is 0.669. The van der Waals surface area contributed by atoms with Gasteiger partial charge in [-0.25, -0.2) is 0 Å². The minimum atomic E-state index is 0.0726. The summed E-state index contributed by atoms with van der Waals surface area (Å²) in [7, 11) is 0. The lowest BCUT2D eigenvalue weighted by Crippen LogP contribution is -2.22. The van der Waals surface area contributed by atoms with Gasteiger partial charge in [-0.05, 0) is 31.5 Å². The first-order valence-corrected chi connectivity index (χ1v) is 5.32. The highest BCUT2D eigenvalue weighted by molar-refractivity contribution is 5.75. The van der Waals surface area contributed by atoms with E-state index >= 15 is 0 Å². The highest BCUT2D eigenvalue weighted by Gasteiger charge is 2.01. The van der Waals surface area contributed by atoms with E-state index in [9.17, 15) is 4.79 Å². The molecule has 84 valence electrons. The standard InChI is InChI=1S/C11H18N2O2/c12-7-3-1-2-6-11(14)13-9-10-5-4-8-15-10/h4-5,8H,1-3,6-7,9,12H2,(H,13,14). The third-order valence-electron chi connectivity index (χ3n) is 2.15. The van der Waals surface area contributed by atoms with Crippen molar-refractivity contribution >= 4 is 5.91 Å². The highest BCUT2D eigenvalue weighted by Crippen LogP contribution is 2.01. The van der Waals surface area contributed by atoms with Gasteiger partial charge in [0, 0.05) is 6.42 Å². The van der Waals surface area contributed by atoms with E-state index in [1.54, 1.807) is 6.26 Å². The van der Waals surface area contributed by atoms with Crippen LogP contribution in [0.4, 0.5) is 0 Å². The second-order valence-corrected chi connectivity index (χ2v) is 3.46. The van der Waals surface area contributed by atoms with Crippen LogP contribution in [0.2, 0.25) is 0 Å². The van der Waals surface area contributed by atoms with Crippen molar-refractivity contribution < 1.29 is 9.21 Å². The van der Waals surface area contributed by atoms with E-state index in [1.165, 1.54) is 0 Å². The van der Waals surface area contributed by atoms with Gasteiger partial charge in [-0.15, -0.1) is 0 Å². The Kier molecular flexibility index (Phi) is 5.55. The van der Waals surface area contributed by atoms with Crippen LogP contribution in [-0.2, 0) is 11.3 Å². The van der Waals surface area contributed by atoms with Crippen molar-refractivity contribution in [2.75, 3.05) is 6.54 Å². The Hall–Kier alpha value is -1.29. The number of nitrogens with two attached hydrogens (primary N) is 1. The van der Waals surface area contributed by atoms with Gasteiger partial charge in [0.15, 0.2) is 0 Å². The van der Waals surface area contributed by atoms with Gasteiger partial charge in [-0.2, -0.15) is 0 Å². The van der Waals surface area contributed by atoms with Crippen LogP contribution in [0, 0.1) is 0 Å². The molecule has 1 amide bonds. The zero-order valence-electron chi connectivity index (χ0n) is 8.87. The molecular weight excluding hydrogens is 192 g/mol. The Morgan fingerprint density at radius 1 is 1.40 bits per heavy atom. The largest absolute Gasteiger partial charge is 0.467 e. The third-order valence-corrected chi connectivity index (χ3v) is 2.15. The number of amides is 1. The number of hydrogen-bond donors (Lipinski definition) is 2. The molecule has 0 aliphatic carbocycles. The van der Waals surface area contributed by atoms with Gasteiger partial charge in [0.25, 0.3) is 0 Å². The van der Waals surface area contributed by atoms with Crippen LogP contribution in [-0.4, -0.2) is 12.5 Å². The molecule has 0 atom stereocenters. The predicted molar refractivity (Wildman–Crippen MR) is 58.1 cm³/mol. The first-order valence-electron chi connectivity index (χ1n) is 5.32. The summed E-state index contributed by atoms with van der Waals surface area (Å²) in [4.78, 5) is 11.3. The molecule has 1 rings (SSSR count). The maximum atomic E-state index is 11.3. The Morgan fingerprint density at radius 3 is 2.93 bits per heavy atom. The first kappa shape index (κ1) is 11.8. The van der Waals surface area contributed by atoms with E-state index in [-0.39, 0.29) is 5.91 Å². The Bertz CT molecular complexity index is 270. The molecule has 0 aliphatic rings. The molecule has 0 fully saturated rings. The molecule has 0 bridgehead atoms. The molecule has 4 heteroatoms. The number of nitrogens with one attached hydrogen (secondary N) is 1. The molecule has 0 saturated carbocycles. The summed E-state index contributed by atoms with van der Waals surface area (Å²) < 4.78 is 5.10. The maximum Gasteiger partial charge on any atom is 0.220 e. The molecule has 0 aliphatic heterocycles. The summed E-state index contributed by atoms with van der Waals surface area (Å²) in [5, 5.41) is 2.80. The van der Waals surface area contributed by atoms with E-state index in [1.807, 2.05) is 12.1 Å². The van der Waals surface area contributed by atoms with Crippen LogP contribution in [0.1, 0.15) is 31.4 Å². The molecule has 0 aromatic carbocycles. The molecule has 0 saturated heterocycles. The van der Waals surface area contributed by atoms with Gasteiger partial charge in [0.05, 0.1) is 12.8 Å². The fraction of sp³-hybridized carbons (Fsp3) is 0.545. The van der Waals surface area contributed by atoms with Gasteiger partial charge >= 0.3 is 0 Å². The summed E-state index contributed by atoms with van der Waals surface area (Å²) in [6.45, 7) is 1.18. The summed E-state index contributed by atoms with van der Waals surface area (Å²) in [6.07, 6.45) is 5.08. The summed E-state index contributed by atoms with van der Waals surface area (Å²) in [5.41, 5.74) is 5.36. The molecule has 0 spiro atoms. The zero-order chi connectivity index (χ0) is 10.9. The monoisotopic (exact) mass is 210 g/mol. The lowest BCUT2D eigenvalue weighted by atomic mass is 10.2. The van der Waals surface area contributed by atoms with E-state index < -0.39 is 0 Å². The molecule has 1 heterocycles. The molecule has 4 nitrogen and oxygen atoms in total. The summed E-state index contributed by atoms with van der Waals surface area (Å²) in [6, 6.07) is 3.65. The second-order valence-electron chi connectivity index (χ2n) is 3.46. The molecule has 0 unspecified atom stereocenters. The van der Waals surface area contributed by atoms with Crippen molar-refractivity contribution in [2.24, 2.45) is 5.73 Å². The SMILES string of the molecule is NCCCCCC(=O)NCc1ccco1. The van der Waals surface area contributed by atoms with Gasteiger partial charge in [-0.3, -0.25) is 4.79 Å². The Balaban J connectivity index is 2.04. The van der Waals surface area contributed by atoms with Crippen molar-refractivity contribution in [3.8, 4) is 0 Å². The smallest absolute Gasteiger partial charge is 0.220 e. The average molecular weight is 210 g/mol. The number of unbranched alkanes of at least 4 members (excludes halogenated alkanes) is 2. The van der Waals surface area contributed by atoms with Gasteiger partial charge < -0.3 is 15.5 Å². The number of rotatable bonds is 7. The lowest BCUT2D eigenvalue weighted by molar-refractivity contribution is -0.121. The number of hydrogen-bond acceptors (Lipinski definition) is 3. The van der Waals surface area contributed by atoms with Crippen molar-refractivity contribution in [3.63, 3.8) is 0 Å². The van der Waals surface area contributed by atoms with E-state index in [4.69, 9.17) is 10.2 Å². The number of carbonyl (C=O) groups is 1. The van der Waals surface area contributed by atoms with Crippen molar-refractivity contribution in [3.05, 3.63) is 24.2 Å². The van der Waals surface area contributed by atoms with E-state index in [0.29, 0.717) is 19.5 Å². The maximum absolute atomic E-state index is 11.3. The van der Waals surface area contributed by atoms with Crippen LogP contribution in [0.15, 0.2) is 22.8 Å². The fourth-order valence-electron chi connectivity index (χ4n) is 1.29.